The predicted octanol–water partition coefficient (Wildman–Crippen LogP) is 0.922. The van der Waals surface area contributed by atoms with Crippen LogP contribution in [-0.4, -0.2) is 72.4 Å². The third-order valence-electron chi connectivity index (χ3n) is 5.18. The first-order valence-corrected chi connectivity index (χ1v) is 9.09. The number of carbonyl (C=O) groups is 2. The van der Waals surface area contributed by atoms with Crippen LogP contribution in [0, 0.1) is 5.92 Å². The molecule has 1 fully saturated rings. The summed E-state index contributed by atoms with van der Waals surface area (Å²) >= 11 is 0. The second-order valence-electron chi connectivity index (χ2n) is 7.48. The van der Waals surface area contributed by atoms with Gasteiger partial charge in [-0.3, -0.25) is 9.59 Å². The zero-order valence-electron chi connectivity index (χ0n) is 15.5. The highest BCUT2D eigenvalue weighted by Crippen LogP contribution is 2.26. The Labute approximate surface area is 148 Å². The Morgan fingerprint density at radius 1 is 1.28 bits per heavy atom. The Balaban J connectivity index is 1.57. The lowest BCUT2D eigenvalue weighted by atomic mass is 9.96. The van der Waals surface area contributed by atoms with Crippen molar-refractivity contribution >= 4 is 11.8 Å². The van der Waals surface area contributed by atoms with Crippen LogP contribution in [0.2, 0.25) is 0 Å². The molecular weight excluding hydrogens is 320 g/mol. The maximum absolute atomic E-state index is 12.7. The number of aryl methyl sites for hydroxylation is 1. The number of rotatable bonds is 6. The molecule has 0 saturated carbocycles. The maximum Gasteiger partial charge on any atom is 0.228 e. The quantitative estimate of drug-likeness (QED) is 0.765. The van der Waals surface area contributed by atoms with Gasteiger partial charge in [0.05, 0.1) is 12.5 Å². The molecule has 1 saturated heterocycles. The van der Waals surface area contributed by atoms with Gasteiger partial charge in [0.15, 0.2) is 0 Å². The first-order valence-electron chi connectivity index (χ1n) is 9.09. The summed E-state index contributed by atoms with van der Waals surface area (Å²) in [6.45, 7) is 2.47. The molecule has 1 atom stereocenters. The normalized spacial score (nSPS) is 20.2. The summed E-state index contributed by atoms with van der Waals surface area (Å²) in [5.41, 5.74) is 2.06. The second-order valence-corrected chi connectivity index (χ2v) is 7.48. The van der Waals surface area contributed by atoms with Crippen molar-refractivity contribution in [3.63, 3.8) is 0 Å². The average molecular weight is 348 g/mol. The molecular formula is C18H28N4O3. The number of hydrogen-bond donors (Lipinski definition) is 0. The zero-order valence-corrected chi connectivity index (χ0v) is 15.5. The van der Waals surface area contributed by atoms with Gasteiger partial charge in [0.2, 0.25) is 11.8 Å². The van der Waals surface area contributed by atoms with Crippen LogP contribution in [0.3, 0.4) is 0 Å². The minimum Gasteiger partial charge on any atom is -0.361 e. The molecule has 0 bridgehead atoms. The highest BCUT2D eigenvalue weighted by atomic mass is 16.5. The first kappa shape index (κ1) is 17.9. The smallest absolute Gasteiger partial charge is 0.228 e. The molecule has 0 radical (unpaired) electrons. The van der Waals surface area contributed by atoms with Crippen LogP contribution in [0.5, 0.6) is 0 Å². The lowest BCUT2D eigenvalue weighted by Gasteiger charge is -2.22. The van der Waals surface area contributed by atoms with Gasteiger partial charge in [-0.05, 0) is 33.4 Å². The number of aromatic nitrogens is 1. The molecule has 0 N–H and O–H groups in total. The van der Waals surface area contributed by atoms with E-state index in [4.69, 9.17) is 4.52 Å². The van der Waals surface area contributed by atoms with Crippen molar-refractivity contribution in [2.75, 3.05) is 40.8 Å². The van der Waals surface area contributed by atoms with Gasteiger partial charge in [0.1, 0.15) is 11.5 Å². The summed E-state index contributed by atoms with van der Waals surface area (Å²) in [5, 5.41) is 4.17. The Morgan fingerprint density at radius 2 is 2.04 bits per heavy atom. The van der Waals surface area contributed by atoms with Crippen LogP contribution >= 0.6 is 0 Å². The largest absolute Gasteiger partial charge is 0.361 e. The Kier molecular flexibility index (Phi) is 5.42. The van der Waals surface area contributed by atoms with E-state index in [9.17, 15) is 9.59 Å². The van der Waals surface area contributed by atoms with E-state index >= 15 is 0 Å². The lowest BCUT2D eigenvalue weighted by molar-refractivity contribution is -0.135. The van der Waals surface area contributed by atoms with Crippen molar-refractivity contribution in [3.8, 4) is 0 Å². The minimum absolute atomic E-state index is 0.0215. The van der Waals surface area contributed by atoms with Crippen molar-refractivity contribution in [1.29, 1.82) is 0 Å². The zero-order chi connectivity index (χ0) is 18.0. The van der Waals surface area contributed by atoms with Gasteiger partial charge >= 0.3 is 0 Å². The first-order chi connectivity index (χ1) is 12.0. The maximum atomic E-state index is 12.7. The summed E-state index contributed by atoms with van der Waals surface area (Å²) in [6.07, 6.45) is 4.53. The predicted molar refractivity (Wildman–Crippen MR) is 92.9 cm³/mol. The lowest BCUT2D eigenvalue weighted by Crippen LogP contribution is -2.36. The van der Waals surface area contributed by atoms with E-state index in [-0.39, 0.29) is 17.7 Å². The van der Waals surface area contributed by atoms with Gasteiger partial charge in [-0.25, -0.2) is 0 Å². The summed E-state index contributed by atoms with van der Waals surface area (Å²) in [7, 11) is 5.75. The fraction of sp³-hybridized carbons (Fsp3) is 0.722. The molecule has 3 rings (SSSR count). The number of carbonyl (C=O) groups excluding carboxylic acids is 2. The van der Waals surface area contributed by atoms with Gasteiger partial charge < -0.3 is 19.2 Å². The van der Waals surface area contributed by atoms with Crippen LogP contribution in [-0.2, 0) is 29.0 Å². The van der Waals surface area contributed by atoms with Crippen molar-refractivity contribution in [3.05, 3.63) is 17.0 Å². The molecule has 7 heteroatoms. The fourth-order valence-electron chi connectivity index (χ4n) is 3.66. The third kappa shape index (κ3) is 4.03. The van der Waals surface area contributed by atoms with Crippen LogP contribution < -0.4 is 0 Å². The molecule has 7 nitrogen and oxygen atoms in total. The molecule has 1 aromatic rings. The molecule has 1 aliphatic heterocycles. The highest BCUT2D eigenvalue weighted by Gasteiger charge is 2.36. The third-order valence-corrected chi connectivity index (χ3v) is 5.18. The van der Waals surface area contributed by atoms with E-state index in [1.54, 1.807) is 16.8 Å². The van der Waals surface area contributed by atoms with E-state index in [1.807, 2.05) is 19.0 Å². The van der Waals surface area contributed by atoms with E-state index in [0.717, 1.165) is 43.7 Å². The Morgan fingerprint density at radius 3 is 2.80 bits per heavy atom. The number of likely N-dealkylation sites (tertiary alicyclic amines) is 1. The molecule has 1 aliphatic carbocycles. The monoisotopic (exact) mass is 348 g/mol. The van der Waals surface area contributed by atoms with E-state index in [1.165, 1.54) is 5.56 Å². The van der Waals surface area contributed by atoms with E-state index in [0.29, 0.717) is 26.1 Å². The fourth-order valence-corrected chi connectivity index (χ4v) is 3.66. The summed E-state index contributed by atoms with van der Waals surface area (Å²) in [4.78, 5) is 30.4. The molecule has 0 aromatic carbocycles. The Bertz CT molecular complexity index is 640. The van der Waals surface area contributed by atoms with Crippen LogP contribution in [0.4, 0.5) is 0 Å². The van der Waals surface area contributed by atoms with E-state index < -0.39 is 0 Å². The van der Waals surface area contributed by atoms with Gasteiger partial charge in [-0.2, -0.15) is 0 Å². The molecule has 0 unspecified atom stereocenters. The number of hydrogen-bond acceptors (Lipinski definition) is 5. The SMILES string of the molecule is CN(C)CCN1C[C@H](C(=O)N(C)Cc2noc3c2CCCC3)CC1=O. The topological polar surface area (TPSA) is 69.9 Å². The minimum atomic E-state index is -0.248. The molecule has 2 aliphatic rings. The molecule has 2 amide bonds. The van der Waals surface area contributed by atoms with Crippen molar-refractivity contribution in [2.45, 2.75) is 38.6 Å². The molecule has 1 aromatic heterocycles. The molecule has 2 heterocycles. The molecule has 138 valence electrons. The molecule has 0 spiro atoms. The molecule has 25 heavy (non-hydrogen) atoms. The number of fused-ring (bicyclic) bond motifs is 1. The van der Waals surface area contributed by atoms with Crippen molar-refractivity contribution in [1.82, 2.24) is 19.9 Å². The highest BCUT2D eigenvalue weighted by molar-refractivity contribution is 5.89. The summed E-state index contributed by atoms with van der Waals surface area (Å²) in [5.74, 6) is 0.830. The standard InChI is InChI=1S/C18H28N4O3/c1-20(2)8-9-22-11-13(10-17(22)23)18(24)21(3)12-15-14-6-4-5-7-16(14)25-19-15/h13H,4-12H2,1-3H3/t13-/m1/s1. The average Bonchev–Trinajstić information content (AvgIpc) is 3.16. The van der Waals surface area contributed by atoms with Gasteiger partial charge in [0.25, 0.3) is 0 Å². The second kappa shape index (κ2) is 7.56. The number of nitrogens with zero attached hydrogens (tertiary/aromatic N) is 4. The van der Waals surface area contributed by atoms with Crippen molar-refractivity contribution < 1.29 is 14.1 Å². The Hall–Kier alpha value is -1.89. The van der Waals surface area contributed by atoms with E-state index in [2.05, 4.69) is 5.16 Å². The van der Waals surface area contributed by atoms with Crippen LogP contribution in [0.1, 0.15) is 36.3 Å². The van der Waals surface area contributed by atoms with Gasteiger partial charge in [-0.1, -0.05) is 5.16 Å². The van der Waals surface area contributed by atoms with Gasteiger partial charge in [-0.15, -0.1) is 0 Å². The number of amides is 2. The van der Waals surface area contributed by atoms with Crippen LogP contribution in [0.15, 0.2) is 4.52 Å². The van der Waals surface area contributed by atoms with Gasteiger partial charge in [0, 0.05) is 45.1 Å². The number of likely N-dealkylation sites (N-methyl/N-ethyl adjacent to an activating group) is 1. The van der Waals surface area contributed by atoms with Crippen LogP contribution in [0.25, 0.3) is 0 Å². The van der Waals surface area contributed by atoms with Crippen molar-refractivity contribution in [2.24, 2.45) is 5.92 Å². The summed E-state index contributed by atoms with van der Waals surface area (Å²) < 4.78 is 5.43. The summed E-state index contributed by atoms with van der Waals surface area (Å²) in [6, 6.07) is 0.